The van der Waals surface area contributed by atoms with Gasteiger partial charge in [0, 0.05) is 44.5 Å². The average Bonchev–Trinajstić information content (AvgIpc) is 2.85. The summed E-state index contributed by atoms with van der Waals surface area (Å²) < 4.78 is 11.6. The van der Waals surface area contributed by atoms with E-state index < -0.39 is 12.0 Å². The van der Waals surface area contributed by atoms with Gasteiger partial charge >= 0.3 is 5.97 Å². The predicted octanol–water partition coefficient (Wildman–Crippen LogP) is 2.52. The van der Waals surface area contributed by atoms with E-state index in [4.69, 9.17) is 9.47 Å². The summed E-state index contributed by atoms with van der Waals surface area (Å²) in [6, 6.07) is -0.637. The number of esters is 1. The van der Waals surface area contributed by atoms with Gasteiger partial charge in [-0.3, -0.25) is 9.59 Å². The van der Waals surface area contributed by atoms with E-state index in [1.807, 2.05) is 13.8 Å². The van der Waals surface area contributed by atoms with Crippen LogP contribution in [0.15, 0.2) is 0 Å². The van der Waals surface area contributed by atoms with Crippen LogP contribution in [0.3, 0.4) is 0 Å². The Kier molecular flexibility index (Phi) is 8.21. The minimum absolute atomic E-state index is 0.0774. The molecule has 0 fully saturated rings. The van der Waals surface area contributed by atoms with E-state index >= 15 is 0 Å². The van der Waals surface area contributed by atoms with Gasteiger partial charge in [0.25, 0.3) is 0 Å². The van der Waals surface area contributed by atoms with Gasteiger partial charge in [-0.2, -0.15) is 0 Å². The summed E-state index contributed by atoms with van der Waals surface area (Å²) in [5.41, 5.74) is 2.08. The fourth-order valence-electron chi connectivity index (χ4n) is 3.28. The summed E-state index contributed by atoms with van der Waals surface area (Å²) in [6.07, 6.45) is 0.646. The van der Waals surface area contributed by atoms with Crippen molar-refractivity contribution in [1.82, 2.24) is 9.47 Å². The molecule has 0 saturated heterocycles. The van der Waals surface area contributed by atoms with Crippen LogP contribution in [-0.2, 0) is 21.3 Å². The van der Waals surface area contributed by atoms with E-state index in [9.17, 15) is 14.4 Å². The molecule has 1 rings (SSSR count). The second-order valence-corrected chi connectivity index (χ2v) is 7.06. The molecule has 152 valence electrons. The van der Waals surface area contributed by atoms with Crippen molar-refractivity contribution in [2.45, 2.75) is 47.1 Å². The number of amides is 1. The van der Waals surface area contributed by atoms with Gasteiger partial charge in [0.15, 0.2) is 5.78 Å². The number of Topliss-reactive ketones (excluding diaryl/α,β-unsaturated/α-hetero) is 1. The molecule has 0 aliphatic heterocycles. The Balaban J connectivity index is 3.28. The van der Waals surface area contributed by atoms with Gasteiger partial charge in [-0.1, -0.05) is 13.8 Å². The van der Waals surface area contributed by atoms with E-state index in [1.54, 1.807) is 44.4 Å². The van der Waals surface area contributed by atoms with E-state index in [0.29, 0.717) is 42.1 Å². The molecular weight excluding hydrogens is 348 g/mol. The van der Waals surface area contributed by atoms with Crippen molar-refractivity contribution in [3.8, 4) is 0 Å². The normalized spacial score (nSPS) is 12.2. The lowest BCUT2D eigenvalue weighted by molar-refractivity contribution is -0.135. The topological polar surface area (TPSA) is 77.8 Å². The van der Waals surface area contributed by atoms with Gasteiger partial charge in [0.05, 0.1) is 13.2 Å². The van der Waals surface area contributed by atoms with Gasteiger partial charge in [-0.15, -0.1) is 0 Å². The van der Waals surface area contributed by atoms with Gasteiger partial charge < -0.3 is 18.9 Å². The van der Waals surface area contributed by atoms with Crippen molar-refractivity contribution < 1.29 is 23.9 Å². The number of methoxy groups -OCH3 is 2. The quantitative estimate of drug-likeness (QED) is 0.374. The SMILES string of the molecule is COCCCN(C(=O)C(C)C)C(C)C(=O)c1c(C)c(C(=O)OC)n(C)c1C. The maximum atomic E-state index is 13.3. The molecule has 7 nitrogen and oxygen atoms in total. The number of hydrogen-bond donors (Lipinski definition) is 0. The van der Waals surface area contributed by atoms with E-state index in [2.05, 4.69) is 0 Å². The molecule has 27 heavy (non-hydrogen) atoms. The fraction of sp³-hybridized carbons (Fsp3) is 0.650. The highest BCUT2D eigenvalue weighted by atomic mass is 16.5. The fourth-order valence-corrected chi connectivity index (χ4v) is 3.28. The summed E-state index contributed by atoms with van der Waals surface area (Å²) in [5, 5.41) is 0. The molecule has 1 heterocycles. The molecule has 7 heteroatoms. The second kappa shape index (κ2) is 9.69. The molecule has 1 unspecified atom stereocenters. The Hall–Kier alpha value is -2.15. The minimum atomic E-state index is -0.637. The maximum absolute atomic E-state index is 13.3. The number of carbonyl (C=O) groups excluding carboxylic acids is 3. The molecule has 0 aromatic carbocycles. The van der Waals surface area contributed by atoms with Crippen molar-refractivity contribution in [3.63, 3.8) is 0 Å². The molecule has 1 aromatic heterocycles. The first-order chi connectivity index (χ1) is 12.6. The summed E-state index contributed by atoms with van der Waals surface area (Å²) in [7, 11) is 4.65. The highest BCUT2D eigenvalue weighted by molar-refractivity contribution is 6.06. The van der Waals surface area contributed by atoms with E-state index in [-0.39, 0.29) is 17.6 Å². The lowest BCUT2D eigenvalue weighted by Crippen LogP contribution is -2.46. The molecule has 0 saturated carbocycles. The van der Waals surface area contributed by atoms with Crippen LogP contribution in [0.5, 0.6) is 0 Å². The van der Waals surface area contributed by atoms with Crippen LogP contribution in [0.2, 0.25) is 0 Å². The van der Waals surface area contributed by atoms with Crippen LogP contribution in [-0.4, -0.2) is 60.5 Å². The van der Waals surface area contributed by atoms with Crippen molar-refractivity contribution in [1.29, 1.82) is 0 Å². The Morgan fingerprint density at radius 3 is 2.19 bits per heavy atom. The van der Waals surface area contributed by atoms with Crippen molar-refractivity contribution in [3.05, 3.63) is 22.5 Å². The Morgan fingerprint density at radius 2 is 1.70 bits per heavy atom. The Bertz CT molecular complexity index is 706. The first-order valence-corrected chi connectivity index (χ1v) is 9.17. The smallest absolute Gasteiger partial charge is 0.354 e. The highest BCUT2D eigenvalue weighted by Gasteiger charge is 2.32. The van der Waals surface area contributed by atoms with Gasteiger partial charge in [-0.25, -0.2) is 4.79 Å². The summed E-state index contributed by atoms with van der Waals surface area (Å²) in [6.45, 7) is 9.84. The van der Waals surface area contributed by atoms with Crippen molar-refractivity contribution in [2.75, 3.05) is 27.4 Å². The third kappa shape index (κ3) is 4.77. The molecular formula is C20H32N2O5. The Morgan fingerprint density at radius 1 is 1.11 bits per heavy atom. The van der Waals surface area contributed by atoms with Crippen molar-refractivity contribution >= 4 is 17.7 Å². The zero-order valence-electron chi connectivity index (χ0n) is 17.7. The molecule has 0 aliphatic rings. The van der Waals surface area contributed by atoms with E-state index in [1.165, 1.54) is 7.11 Å². The first-order valence-electron chi connectivity index (χ1n) is 9.17. The van der Waals surface area contributed by atoms with Crippen LogP contribution >= 0.6 is 0 Å². The lowest BCUT2D eigenvalue weighted by atomic mass is 9.98. The van der Waals surface area contributed by atoms with Crippen LogP contribution in [0.25, 0.3) is 0 Å². The molecule has 1 aromatic rings. The summed E-state index contributed by atoms with van der Waals surface area (Å²) in [5.74, 6) is -0.958. The third-order valence-electron chi connectivity index (χ3n) is 4.93. The van der Waals surface area contributed by atoms with Crippen LogP contribution in [0.1, 0.15) is 59.3 Å². The van der Waals surface area contributed by atoms with Gasteiger partial charge in [0.2, 0.25) is 5.91 Å². The number of nitrogens with zero attached hydrogens (tertiary/aromatic N) is 2. The number of rotatable bonds is 9. The lowest BCUT2D eigenvalue weighted by Gasteiger charge is -2.30. The molecule has 0 N–H and O–H groups in total. The van der Waals surface area contributed by atoms with Crippen LogP contribution in [0, 0.1) is 19.8 Å². The minimum Gasteiger partial charge on any atom is -0.464 e. The zero-order valence-corrected chi connectivity index (χ0v) is 17.7. The molecule has 0 spiro atoms. The molecule has 0 radical (unpaired) electrons. The molecule has 1 amide bonds. The second-order valence-electron chi connectivity index (χ2n) is 7.06. The monoisotopic (exact) mass is 380 g/mol. The molecule has 1 atom stereocenters. The van der Waals surface area contributed by atoms with Crippen LogP contribution in [0.4, 0.5) is 0 Å². The largest absolute Gasteiger partial charge is 0.464 e. The standard InChI is InChI=1S/C20H32N2O5/c1-12(2)19(24)22(10-9-11-26-7)15(5)18(23)16-13(3)17(20(25)27-8)21(6)14(16)4/h12,15H,9-11H2,1-8H3. The van der Waals surface area contributed by atoms with Crippen LogP contribution < -0.4 is 0 Å². The third-order valence-corrected chi connectivity index (χ3v) is 4.93. The molecule has 0 aliphatic carbocycles. The number of ketones is 1. The zero-order chi connectivity index (χ0) is 20.9. The van der Waals surface area contributed by atoms with Gasteiger partial charge in [0.1, 0.15) is 5.69 Å². The van der Waals surface area contributed by atoms with Crippen molar-refractivity contribution in [2.24, 2.45) is 13.0 Å². The van der Waals surface area contributed by atoms with E-state index in [0.717, 1.165) is 0 Å². The Labute approximate surface area is 161 Å². The maximum Gasteiger partial charge on any atom is 0.354 e. The first kappa shape index (κ1) is 22.9. The van der Waals surface area contributed by atoms with Gasteiger partial charge in [-0.05, 0) is 32.8 Å². The number of aromatic nitrogens is 1. The highest BCUT2D eigenvalue weighted by Crippen LogP contribution is 2.25. The summed E-state index contributed by atoms with van der Waals surface area (Å²) in [4.78, 5) is 39.6. The predicted molar refractivity (Wildman–Crippen MR) is 103 cm³/mol. The number of hydrogen-bond acceptors (Lipinski definition) is 5. The average molecular weight is 380 g/mol. The number of carbonyl (C=O) groups is 3. The molecule has 0 bridgehead atoms. The number of ether oxygens (including phenoxy) is 2. The summed E-state index contributed by atoms with van der Waals surface area (Å²) >= 11 is 0.